The van der Waals surface area contributed by atoms with E-state index in [2.05, 4.69) is 14.9 Å². The van der Waals surface area contributed by atoms with Crippen LogP contribution in [0.2, 0.25) is 0 Å². The van der Waals surface area contributed by atoms with Crippen molar-refractivity contribution < 1.29 is 22.3 Å². The molecule has 1 fully saturated rings. The van der Waals surface area contributed by atoms with Crippen LogP contribution in [0.1, 0.15) is 19.3 Å². The molecule has 1 amide bonds. The average molecular weight is 421 g/mol. The van der Waals surface area contributed by atoms with E-state index >= 15 is 0 Å². The number of nitrogens with one attached hydrogen (secondary N) is 2. The zero-order valence-corrected chi connectivity index (χ0v) is 17.0. The van der Waals surface area contributed by atoms with Gasteiger partial charge in [-0.1, -0.05) is 0 Å². The van der Waals surface area contributed by atoms with Gasteiger partial charge < -0.3 is 15.0 Å². The Hall–Kier alpha value is -2.81. The minimum Gasteiger partial charge on any atom is -0.494 e. The zero-order valence-electron chi connectivity index (χ0n) is 16.2. The fourth-order valence-corrected chi connectivity index (χ4v) is 4.22. The van der Waals surface area contributed by atoms with Gasteiger partial charge in [0.15, 0.2) is 0 Å². The predicted molar refractivity (Wildman–Crippen MR) is 111 cm³/mol. The summed E-state index contributed by atoms with van der Waals surface area (Å²) in [6.07, 6.45) is 3.55. The van der Waals surface area contributed by atoms with Crippen LogP contribution in [0.3, 0.4) is 0 Å². The van der Waals surface area contributed by atoms with Crippen molar-refractivity contribution in [3.63, 3.8) is 0 Å². The normalized spacial score (nSPS) is 14.3. The number of anilines is 3. The Labute approximate surface area is 169 Å². The number of rotatable bonds is 7. The minimum atomic E-state index is -3.91. The molecule has 2 N–H and O–H groups in total. The van der Waals surface area contributed by atoms with E-state index in [4.69, 9.17) is 4.74 Å². The van der Waals surface area contributed by atoms with Crippen LogP contribution < -0.4 is 19.7 Å². The third-order valence-electron chi connectivity index (χ3n) is 4.62. The summed E-state index contributed by atoms with van der Waals surface area (Å²) >= 11 is 0. The van der Waals surface area contributed by atoms with Gasteiger partial charge in [0.05, 0.1) is 12.8 Å². The molecule has 156 valence electrons. The van der Waals surface area contributed by atoms with E-state index in [1.807, 2.05) is 12.1 Å². The largest absolute Gasteiger partial charge is 0.494 e. The van der Waals surface area contributed by atoms with E-state index in [-0.39, 0.29) is 11.4 Å². The van der Waals surface area contributed by atoms with E-state index in [0.717, 1.165) is 43.8 Å². The average Bonchev–Trinajstić information content (AvgIpc) is 2.69. The van der Waals surface area contributed by atoms with Gasteiger partial charge in [-0.25, -0.2) is 12.8 Å². The summed E-state index contributed by atoms with van der Waals surface area (Å²) in [5.41, 5.74) is 1.63. The summed E-state index contributed by atoms with van der Waals surface area (Å²) in [5.74, 6) is -1.95. The molecule has 1 heterocycles. The molecule has 3 rings (SSSR count). The molecule has 2 aromatic rings. The van der Waals surface area contributed by atoms with Crippen LogP contribution in [0.4, 0.5) is 21.5 Å². The number of hydrogen-bond donors (Lipinski definition) is 2. The highest BCUT2D eigenvalue weighted by atomic mass is 32.2. The molecule has 1 aliphatic rings. The second kappa shape index (κ2) is 9.13. The van der Waals surface area contributed by atoms with Crippen LogP contribution >= 0.6 is 0 Å². The number of halogens is 1. The molecule has 1 saturated heterocycles. The monoisotopic (exact) mass is 421 g/mol. The standard InChI is InChI=1S/C20H24FN3O4S/c1-28-19-13-15(21)5-10-18(19)22-20(25)14-29(26,27)23-16-6-8-17(9-7-16)24-11-3-2-4-12-24/h5-10,13,23H,2-4,11-12,14H2,1H3,(H,22,25). The van der Waals surface area contributed by atoms with Gasteiger partial charge in [0.1, 0.15) is 17.3 Å². The molecule has 1 aliphatic heterocycles. The van der Waals surface area contributed by atoms with E-state index in [9.17, 15) is 17.6 Å². The number of methoxy groups -OCH3 is 1. The van der Waals surface area contributed by atoms with Gasteiger partial charge >= 0.3 is 0 Å². The van der Waals surface area contributed by atoms with Crippen LogP contribution in [0.5, 0.6) is 5.75 Å². The van der Waals surface area contributed by atoms with Crippen molar-refractivity contribution in [2.24, 2.45) is 0 Å². The number of carbonyl (C=O) groups excluding carboxylic acids is 1. The fraction of sp³-hybridized carbons (Fsp3) is 0.350. The molecule has 7 nitrogen and oxygen atoms in total. The van der Waals surface area contributed by atoms with Crippen molar-refractivity contribution in [2.75, 3.05) is 40.9 Å². The lowest BCUT2D eigenvalue weighted by Gasteiger charge is -2.28. The molecule has 2 aromatic carbocycles. The van der Waals surface area contributed by atoms with Crippen molar-refractivity contribution in [3.8, 4) is 5.75 Å². The summed E-state index contributed by atoms with van der Waals surface area (Å²) in [6.45, 7) is 2.00. The molecule has 0 unspecified atom stereocenters. The van der Waals surface area contributed by atoms with Gasteiger partial charge in [-0.15, -0.1) is 0 Å². The minimum absolute atomic E-state index is 0.108. The molecule has 0 radical (unpaired) electrons. The zero-order chi connectivity index (χ0) is 20.9. The lowest BCUT2D eigenvalue weighted by atomic mass is 10.1. The molecule has 0 spiro atoms. The van der Waals surface area contributed by atoms with Crippen LogP contribution in [0.25, 0.3) is 0 Å². The predicted octanol–water partition coefficient (Wildman–Crippen LogP) is 3.21. The lowest BCUT2D eigenvalue weighted by molar-refractivity contribution is -0.113. The van der Waals surface area contributed by atoms with Crippen molar-refractivity contribution in [1.82, 2.24) is 0 Å². The highest BCUT2D eigenvalue weighted by Gasteiger charge is 2.18. The van der Waals surface area contributed by atoms with E-state index in [1.54, 1.807) is 12.1 Å². The number of piperidine rings is 1. The summed E-state index contributed by atoms with van der Waals surface area (Å²) in [7, 11) is -2.58. The maximum atomic E-state index is 13.2. The highest BCUT2D eigenvalue weighted by molar-refractivity contribution is 7.93. The molecular formula is C20H24FN3O4S. The number of sulfonamides is 1. The summed E-state index contributed by atoms with van der Waals surface area (Å²) in [5, 5.41) is 2.43. The molecule has 0 saturated carbocycles. The Morgan fingerprint density at radius 2 is 1.79 bits per heavy atom. The molecule has 0 bridgehead atoms. The van der Waals surface area contributed by atoms with Crippen LogP contribution in [-0.4, -0.2) is 40.3 Å². The third-order valence-corrected chi connectivity index (χ3v) is 5.81. The topological polar surface area (TPSA) is 87.7 Å². The second-order valence-electron chi connectivity index (χ2n) is 6.85. The lowest BCUT2D eigenvalue weighted by Crippen LogP contribution is -2.29. The summed E-state index contributed by atoms with van der Waals surface area (Å²) in [6, 6.07) is 10.7. The van der Waals surface area contributed by atoms with Gasteiger partial charge in [0, 0.05) is 30.5 Å². The van der Waals surface area contributed by atoms with Gasteiger partial charge in [-0.2, -0.15) is 0 Å². The van der Waals surface area contributed by atoms with E-state index < -0.39 is 27.5 Å². The molecule has 0 atom stereocenters. The summed E-state index contributed by atoms with van der Waals surface area (Å²) in [4.78, 5) is 14.4. The number of amides is 1. The quantitative estimate of drug-likeness (QED) is 0.717. The van der Waals surface area contributed by atoms with Gasteiger partial charge in [-0.05, 0) is 55.7 Å². The Kier molecular flexibility index (Phi) is 6.58. The first kappa shape index (κ1) is 20.9. The van der Waals surface area contributed by atoms with Gasteiger partial charge in [0.2, 0.25) is 15.9 Å². The second-order valence-corrected chi connectivity index (χ2v) is 8.57. The van der Waals surface area contributed by atoms with Crippen LogP contribution in [0, 0.1) is 5.82 Å². The van der Waals surface area contributed by atoms with Crippen molar-refractivity contribution in [3.05, 3.63) is 48.3 Å². The number of hydrogen-bond acceptors (Lipinski definition) is 5. The Balaban J connectivity index is 1.60. The maximum Gasteiger partial charge on any atom is 0.241 e. The van der Waals surface area contributed by atoms with Gasteiger partial charge in [0.25, 0.3) is 0 Å². The van der Waals surface area contributed by atoms with Crippen molar-refractivity contribution in [2.45, 2.75) is 19.3 Å². The van der Waals surface area contributed by atoms with Gasteiger partial charge in [-0.3, -0.25) is 9.52 Å². The summed E-state index contributed by atoms with van der Waals surface area (Å²) < 4.78 is 45.3. The first-order valence-electron chi connectivity index (χ1n) is 9.35. The SMILES string of the molecule is COc1cc(F)ccc1NC(=O)CS(=O)(=O)Nc1ccc(N2CCCCC2)cc1. The van der Waals surface area contributed by atoms with Crippen LogP contribution in [-0.2, 0) is 14.8 Å². The highest BCUT2D eigenvalue weighted by Crippen LogP contribution is 2.25. The van der Waals surface area contributed by atoms with E-state index in [1.165, 1.54) is 19.6 Å². The fourth-order valence-electron chi connectivity index (χ4n) is 3.24. The first-order valence-corrected chi connectivity index (χ1v) is 11.0. The van der Waals surface area contributed by atoms with Crippen molar-refractivity contribution >= 4 is 33.0 Å². The van der Waals surface area contributed by atoms with Crippen molar-refractivity contribution in [1.29, 1.82) is 0 Å². The Bertz CT molecular complexity index is 958. The molecular weight excluding hydrogens is 397 g/mol. The van der Waals surface area contributed by atoms with Crippen LogP contribution in [0.15, 0.2) is 42.5 Å². The first-order chi connectivity index (χ1) is 13.9. The number of ether oxygens (including phenoxy) is 1. The smallest absolute Gasteiger partial charge is 0.241 e. The third kappa shape index (κ3) is 5.83. The maximum absolute atomic E-state index is 13.2. The molecule has 0 aromatic heterocycles. The molecule has 9 heteroatoms. The number of carbonyl (C=O) groups is 1. The number of nitrogens with zero attached hydrogens (tertiary/aromatic N) is 1. The Morgan fingerprint density at radius 3 is 2.45 bits per heavy atom. The molecule has 0 aliphatic carbocycles. The molecule has 29 heavy (non-hydrogen) atoms. The number of benzene rings is 2. The van der Waals surface area contributed by atoms with E-state index in [0.29, 0.717) is 5.69 Å². The Morgan fingerprint density at radius 1 is 1.10 bits per heavy atom.